The van der Waals surface area contributed by atoms with Crippen molar-refractivity contribution in [1.29, 1.82) is 0 Å². The molecule has 4 aliphatic rings. The molecule has 0 aromatic heterocycles. The minimum Gasteiger partial charge on any atom is -0.0807 e. The molecule has 0 bridgehead atoms. The average Bonchev–Trinajstić information content (AvgIpc) is 3.58. The van der Waals surface area contributed by atoms with Gasteiger partial charge in [-0.15, -0.1) is 0 Å². The summed E-state index contributed by atoms with van der Waals surface area (Å²) in [6.45, 7) is 2.44. The first-order valence-corrected chi connectivity index (χ1v) is 12.0. The van der Waals surface area contributed by atoms with Crippen molar-refractivity contribution in [3.8, 4) is 11.1 Å². The van der Waals surface area contributed by atoms with Crippen molar-refractivity contribution in [3.05, 3.63) is 92.7 Å². The lowest BCUT2D eigenvalue weighted by atomic mass is 9.89. The number of allylic oxidation sites excluding steroid dienone is 2. The topological polar surface area (TPSA) is 0 Å². The van der Waals surface area contributed by atoms with Gasteiger partial charge >= 0.3 is 0 Å². The first-order valence-electron chi connectivity index (χ1n) is 12.0. The standard InChI is InChI=1S/C32H24/c1-18-29-24-13-7-5-10-21(24)22-9-3-2-4-12-26(22)31(29)32-28-17-20-15-19(20)16-27(28)23-11-6-8-14-25(23)30(18)32/h2-3,5-14,16-20H,4,15H2,1H3. The molecular formula is C32H24. The molecule has 0 radical (unpaired) electrons. The van der Waals surface area contributed by atoms with Crippen molar-refractivity contribution in [2.75, 3.05) is 0 Å². The molecule has 0 saturated heterocycles. The highest BCUT2D eigenvalue weighted by molar-refractivity contribution is 6.04. The van der Waals surface area contributed by atoms with Crippen LogP contribution in [0.3, 0.4) is 0 Å². The summed E-state index contributed by atoms with van der Waals surface area (Å²) >= 11 is 0. The maximum atomic E-state index is 2.62. The Hall–Kier alpha value is -3.38. The van der Waals surface area contributed by atoms with E-state index in [9.17, 15) is 0 Å². The molecule has 32 heavy (non-hydrogen) atoms. The number of fused-ring (bicyclic) bond motifs is 14. The summed E-state index contributed by atoms with van der Waals surface area (Å²) in [6, 6.07) is 18.2. The van der Waals surface area contributed by atoms with Crippen molar-refractivity contribution in [1.82, 2.24) is 0 Å². The van der Waals surface area contributed by atoms with Crippen molar-refractivity contribution >= 4 is 45.8 Å². The van der Waals surface area contributed by atoms with E-state index in [0.717, 1.165) is 18.3 Å². The van der Waals surface area contributed by atoms with Crippen LogP contribution in [0.1, 0.15) is 36.8 Å². The van der Waals surface area contributed by atoms with Crippen molar-refractivity contribution < 1.29 is 0 Å². The molecule has 1 fully saturated rings. The molecule has 0 amide bonds. The third-order valence-corrected chi connectivity index (χ3v) is 8.30. The maximum absolute atomic E-state index is 2.62. The zero-order valence-corrected chi connectivity index (χ0v) is 18.2. The molecule has 3 atom stereocenters. The highest BCUT2D eigenvalue weighted by atomic mass is 14.4. The third kappa shape index (κ3) is 2.04. The Morgan fingerprint density at radius 3 is 1.97 bits per heavy atom. The first kappa shape index (κ1) is 17.2. The molecule has 0 spiro atoms. The van der Waals surface area contributed by atoms with Crippen LogP contribution in [0.25, 0.3) is 57.0 Å². The van der Waals surface area contributed by atoms with Crippen LogP contribution in [0.5, 0.6) is 0 Å². The van der Waals surface area contributed by atoms with Gasteiger partial charge in [-0.25, -0.2) is 0 Å². The second-order valence-corrected chi connectivity index (χ2v) is 9.98. The molecular weight excluding hydrogens is 384 g/mol. The van der Waals surface area contributed by atoms with Gasteiger partial charge in [0.15, 0.2) is 0 Å². The average molecular weight is 409 g/mol. The van der Waals surface area contributed by atoms with Gasteiger partial charge in [0.05, 0.1) is 0 Å². The van der Waals surface area contributed by atoms with E-state index in [2.05, 4.69) is 91.9 Å². The van der Waals surface area contributed by atoms with Gasteiger partial charge in [-0.3, -0.25) is 0 Å². The molecule has 0 aliphatic heterocycles. The summed E-state index contributed by atoms with van der Waals surface area (Å²) in [5.74, 6) is 1.88. The van der Waals surface area contributed by atoms with Gasteiger partial charge in [-0.2, -0.15) is 0 Å². The van der Waals surface area contributed by atoms with E-state index in [-0.39, 0.29) is 0 Å². The van der Waals surface area contributed by atoms with E-state index >= 15 is 0 Å². The maximum Gasteiger partial charge on any atom is 0.00860 e. The van der Waals surface area contributed by atoms with Crippen molar-refractivity contribution in [3.63, 3.8) is 0 Å². The normalized spacial score (nSPS) is 23.5. The first-order chi connectivity index (χ1) is 15.8. The summed E-state index contributed by atoms with van der Waals surface area (Å²) in [7, 11) is 0. The lowest BCUT2D eigenvalue weighted by Crippen LogP contribution is -2.34. The highest BCUT2D eigenvalue weighted by Gasteiger charge is 2.38. The van der Waals surface area contributed by atoms with Crippen molar-refractivity contribution in [2.45, 2.75) is 25.7 Å². The minimum atomic E-state index is 0.389. The van der Waals surface area contributed by atoms with Crippen molar-refractivity contribution in [2.24, 2.45) is 11.8 Å². The molecule has 4 aromatic carbocycles. The molecule has 8 rings (SSSR count). The fourth-order valence-corrected chi connectivity index (χ4v) is 6.83. The molecule has 152 valence electrons. The van der Waals surface area contributed by atoms with Gasteiger partial charge in [-0.05, 0) is 89.4 Å². The predicted molar refractivity (Wildman–Crippen MR) is 136 cm³/mol. The quantitative estimate of drug-likeness (QED) is 0.390. The predicted octanol–water partition coefficient (Wildman–Crippen LogP) is 4.86. The summed E-state index contributed by atoms with van der Waals surface area (Å²) in [6.07, 6.45) is 16.8. The highest BCUT2D eigenvalue weighted by Crippen LogP contribution is 2.48. The zero-order valence-electron chi connectivity index (χ0n) is 18.2. The van der Waals surface area contributed by atoms with E-state index in [0.29, 0.717) is 5.92 Å². The van der Waals surface area contributed by atoms with Gasteiger partial charge in [-0.1, -0.05) is 91.9 Å². The Bertz CT molecular complexity index is 1780. The van der Waals surface area contributed by atoms with Crippen LogP contribution in [0.4, 0.5) is 0 Å². The number of benzene rings is 4. The Morgan fingerprint density at radius 2 is 1.25 bits per heavy atom. The Kier molecular flexibility index (Phi) is 3.17. The number of rotatable bonds is 0. The van der Waals surface area contributed by atoms with Crippen LogP contribution in [0.2, 0.25) is 0 Å². The van der Waals surface area contributed by atoms with E-state index in [1.807, 2.05) is 0 Å². The van der Waals surface area contributed by atoms with Crippen LogP contribution in [-0.4, -0.2) is 0 Å². The van der Waals surface area contributed by atoms with E-state index < -0.39 is 0 Å². The molecule has 0 heteroatoms. The van der Waals surface area contributed by atoms with Gasteiger partial charge in [0.25, 0.3) is 0 Å². The lowest BCUT2D eigenvalue weighted by molar-refractivity contribution is 0.974. The fourth-order valence-electron chi connectivity index (χ4n) is 6.83. The Balaban J connectivity index is 1.69. The fraction of sp³-hybridized carbons (Fsp3) is 0.188. The van der Waals surface area contributed by atoms with Crippen LogP contribution in [0, 0.1) is 11.8 Å². The van der Waals surface area contributed by atoms with Crippen LogP contribution >= 0.6 is 0 Å². The zero-order chi connectivity index (χ0) is 21.0. The molecule has 0 heterocycles. The second-order valence-electron chi connectivity index (χ2n) is 9.98. The monoisotopic (exact) mass is 408 g/mol. The summed E-state index contributed by atoms with van der Waals surface area (Å²) in [5.41, 5.74) is 6.11. The minimum absolute atomic E-state index is 0.389. The third-order valence-electron chi connectivity index (χ3n) is 8.30. The van der Waals surface area contributed by atoms with Crippen LogP contribution in [0.15, 0.2) is 60.7 Å². The van der Waals surface area contributed by atoms with Crippen LogP contribution < -0.4 is 20.9 Å². The van der Waals surface area contributed by atoms with E-state index in [4.69, 9.17) is 0 Å². The smallest absolute Gasteiger partial charge is 0.00860 e. The molecule has 4 aromatic rings. The van der Waals surface area contributed by atoms with Gasteiger partial charge < -0.3 is 0 Å². The number of hydrogen-bond acceptors (Lipinski definition) is 0. The SMILES string of the molecule is CC1c2c(c3c(c4ccccc24)=CC=CCC=3)-c2c1c1ccccc1c1c2=CC2CC2C=1. The summed E-state index contributed by atoms with van der Waals surface area (Å²) < 4.78 is 0. The number of hydrogen-bond donors (Lipinski definition) is 0. The van der Waals surface area contributed by atoms with Gasteiger partial charge in [0, 0.05) is 5.92 Å². The molecule has 3 unspecified atom stereocenters. The summed E-state index contributed by atoms with van der Waals surface area (Å²) in [4.78, 5) is 0. The van der Waals surface area contributed by atoms with E-state index in [1.165, 1.54) is 65.5 Å². The lowest BCUT2D eigenvalue weighted by Gasteiger charge is -2.14. The Labute approximate surface area is 187 Å². The largest absolute Gasteiger partial charge is 0.0807 e. The molecule has 4 aliphatic carbocycles. The summed E-state index contributed by atoms with van der Waals surface area (Å²) in [5, 5.41) is 11.5. The molecule has 1 saturated carbocycles. The molecule has 0 nitrogen and oxygen atoms in total. The molecule has 0 N–H and O–H groups in total. The van der Waals surface area contributed by atoms with Crippen LogP contribution in [-0.2, 0) is 0 Å². The van der Waals surface area contributed by atoms with Gasteiger partial charge in [0.1, 0.15) is 0 Å². The Morgan fingerprint density at radius 1 is 0.656 bits per heavy atom. The van der Waals surface area contributed by atoms with Gasteiger partial charge in [0.2, 0.25) is 0 Å². The second kappa shape index (κ2) is 5.90. The van der Waals surface area contributed by atoms with E-state index in [1.54, 1.807) is 5.56 Å².